The third kappa shape index (κ3) is 3.18. The highest BCUT2D eigenvalue weighted by Gasteiger charge is 2.18. The lowest BCUT2D eigenvalue weighted by atomic mass is 10.1. The lowest BCUT2D eigenvalue weighted by Gasteiger charge is -2.26. The smallest absolute Gasteiger partial charge is 0.142 e. The molecular formula is C13H18ClFN2. The first-order valence-corrected chi connectivity index (χ1v) is 6.44. The van der Waals surface area contributed by atoms with Gasteiger partial charge in [-0.05, 0) is 31.5 Å². The Labute approximate surface area is 107 Å². The van der Waals surface area contributed by atoms with Crippen molar-refractivity contribution in [3.63, 3.8) is 0 Å². The van der Waals surface area contributed by atoms with Gasteiger partial charge in [0.05, 0.1) is 5.02 Å². The Bertz CT molecular complexity index is 384. The van der Waals surface area contributed by atoms with Gasteiger partial charge in [0.2, 0.25) is 0 Å². The highest BCUT2D eigenvalue weighted by molar-refractivity contribution is 6.31. The average molecular weight is 257 g/mol. The van der Waals surface area contributed by atoms with Crippen LogP contribution in [0.5, 0.6) is 0 Å². The molecule has 1 aliphatic heterocycles. The van der Waals surface area contributed by atoms with Gasteiger partial charge in [-0.3, -0.25) is 4.90 Å². The van der Waals surface area contributed by atoms with E-state index in [0.29, 0.717) is 6.04 Å². The molecule has 1 aromatic carbocycles. The summed E-state index contributed by atoms with van der Waals surface area (Å²) in [5.41, 5.74) is 0.875. The molecule has 94 valence electrons. The van der Waals surface area contributed by atoms with Gasteiger partial charge in [0.1, 0.15) is 5.82 Å². The van der Waals surface area contributed by atoms with Crippen molar-refractivity contribution in [1.82, 2.24) is 10.2 Å². The fourth-order valence-electron chi connectivity index (χ4n) is 2.19. The molecule has 0 aliphatic carbocycles. The summed E-state index contributed by atoms with van der Waals surface area (Å²) in [5, 5.41) is 3.63. The molecule has 0 bridgehead atoms. The van der Waals surface area contributed by atoms with Crippen LogP contribution in [-0.2, 0) is 6.54 Å². The Morgan fingerprint density at radius 3 is 3.12 bits per heavy atom. The van der Waals surface area contributed by atoms with Crippen molar-refractivity contribution >= 4 is 11.6 Å². The fourth-order valence-corrected chi connectivity index (χ4v) is 2.37. The topological polar surface area (TPSA) is 15.3 Å². The molecule has 4 heteroatoms. The number of rotatable bonds is 2. The van der Waals surface area contributed by atoms with Crippen LogP contribution < -0.4 is 5.32 Å². The number of hydrogen-bond acceptors (Lipinski definition) is 2. The predicted molar refractivity (Wildman–Crippen MR) is 68.8 cm³/mol. The number of nitrogens with one attached hydrogen (secondary N) is 1. The monoisotopic (exact) mass is 256 g/mol. The first-order chi connectivity index (χ1) is 8.18. The molecule has 0 radical (unpaired) electrons. The third-order valence-electron chi connectivity index (χ3n) is 3.34. The Morgan fingerprint density at radius 2 is 2.29 bits per heavy atom. The normalized spacial score (nSPS) is 22.4. The van der Waals surface area contributed by atoms with E-state index in [1.165, 1.54) is 6.07 Å². The van der Waals surface area contributed by atoms with Crippen LogP contribution in [0, 0.1) is 5.82 Å². The summed E-state index contributed by atoms with van der Waals surface area (Å²) in [6.07, 6.45) is 1.12. The number of halogens is 2. The Hall–Kier alpha value is -0.640. The molecule has 1 fully saturated rings. The van der Waals surface area contributed by atoms with E-state index in [2.05, 4.69) is 17.1 Å². The van der Waals surface area contributed by atoms with Crippen molar-refractivity contribution in [2.45, 2.75) is 25.9 Å². The van der Waals surface area contributed by atoms with E-state index < -0.39 is 0 Å². The molecule has 1 atom stereocenters. The minimum absolute atomic E-state index is 0.261. The van der Waals surface area contributed by atoms with Crippen LogP contribution in [0.1, 0.15) is 18.9 Å². The van der Waals surface area contributed by atoms with Gasteiger partial charge in [-0.15, -0.1) is 0 Å². The Balaban J connectivity index is 2.10. The minimum Gasteiger partial charge on any atom is -0.315 e. The van der Waals surface area contributed by atoms with Crippen molar-refractivity contribution < 1.29 is 4.39 Å². The molecule has 1 aliphatic rings. The lowest BCUT2D eigenvalue weighted by molar-refractivity contribution is 0.211. The average Bonchev–Trinajstić information content (AvgIpc) is 2.51. The maximum Gasteiger partial charge on any atom is 0.142 e. The molecule has 0 aromatic heterocycles. The SMILES string of the molecule is CC1CCNCCN1Cc1cccc(F)c1Cl. The maximum absolute atomic E-state index is 13.3. The van der Waals surface area contributed by atoms with Crippen LogP contribution in [0.2, 0.25) is 5.02 Å². The van der Waals surface area contributed by atoms with E-state index >= 15 is 0 Å². The zero-order valence-corrected chi connectivity index (χ0v) is 10.8. The molecule has 1 aromatic rings. The van der Waals surface area contributed by atoms with E-state index in [4.69, 9.17) is 11.6 Å². The van der Waals surface area contributed by atoms with Crippen molar-refractivity contribution in [2.75, 3.05) is 19.6 Å². The molecule has 1 N–H and O–H groups in total. The molecule has 1 saturated heterocycles. The standard InChI is InChI=1S/C13H18ClFN2/c1-10-5-6-16-7-8-17(10)9-11-3-2-4-12(15)13(11)14/h2-4,10,16H,5-9H2,1H3. The molecule has 2 nitrogen and oxygen atoms in total. The lowest BCUT2D eigenvalue weighted by Crippen LogP contribution is -2.33. The van der Waals surface area contributed by atoms with Crippen LogP contribution in [0.4, 0.5) is 4.39 Å². The van der Waals surface area contributed by atoms with Crippen LogP contribution in [-0.4, -0.2) is 30.6 Å². The second-order valence-corrected chi connectivity index (χ2v) is 4.95. The molecule has 0 spiro atoms. The maximum atomic E-state index is 13.3. The van der Waals surface area contributed by atoms with Crippen LogP contribution in [0.15, 0.2) is 18.2 Å². The number of benzene rings is 1. The highest BCUT2D eigenvalue weighted by Crippen LogP contribution is 2.22. The number of nitrogens with zero attached hydrogens (tertiary/aromatic N) is 1. The van der Waals surface area contributed by atoms with Gasteiger partial charge in [-0.25, -0.2) is 4.39 Å². The van der Waals surface area contributed by atoms with Gasteiger partial charge in [0.25, 0.3) is 0 Å². The molecule has 0 saturated carbocycles. The van der Waals surface area contributed by atoms with Crippen molar-refractivity contribution in [2.24, 2.45) is 0 Å². The van der Waals surface area contributed by atoms with Gasteiger partial charge < -0.3 is 5.32 Å². The molecule has 1 heterocycles. The van der Waals surface area contributed by atoms with Gasteiger partial charge in [0, 0.05) is 25.7 Å². The second kappa shape index (κ2) is 5.80. The molecule has 17 heavy (non-hydrogen) atoms. The zero-order valence-electron chi connectivity index (χ0n) is 10.0. The fraction of sp³-hybridized carbons (Fsp3) is 0.538. The van der Waals surface area contributed by atoms with Crippen molar-refractivity contribution in [3.8, 4) is 0 Å². The van der Waals surface area contributed by atoms with E-state index in [0.717, 1.165) is 38.2 Å². The molecule has 1 unspecified atom stereocenters. The summed E-state index contributed by atoms with van der Waals surface area (Å²) in [4.78, 5) is 2.35. The minimum atomic E-state index is -0.329. The van der Waals surface area contributed by atoms with Crippen LogP contribution in [0.3, 0.4) is 0 Å². The molecular weight excluding hydrogens is 239 g/mol. The zero-order chi connectivity index (χ0) is 12.3. The Morgan fingerprint density at radius 1 is 1.47 bits per heavy atom. The van der Waals surface area contributed by atoms with Gasteiger partial charge in [-0.2, -0.15) is 0 Å². The summed E-state index contributed by atoms with van der Waals surface area (Å²) in [5.74, 6) is -0.329. The Kier molecular flexibility index (Phi) is 4.37. The van der Waals surface area contributed by atoms with E-state index in [9.17, 15) is 4.39 Å². The summed E-state index contributed by atoms with van der Waals surface area (Å²) < 4.78 is 13.3. The van der Waals surface area contributed by atoms with Crippen LogP contribution in [0.25, 0.3) is 0 Å². The van der Waals surface area contributed by atoms with Crippen molar-refractivity contribution in [3.05, 3.63) is 34.6 Å². The first-order valence-electron chi connectivity index (χ1n) is 6.06. The first kappa shape index (κ1) is 12.8. The van der Waals surface area contributed by atoms with E-state index in [-0.39, 0.29) is 10.8 Å². The van der Waals surface area contributed by atoms with Gasteiger partial charge in [-0.1, -0.05) is 23.7 Å². The predicted octanol–water partition coefficient (Wildman–Crippen LogP) is 2.66. The number of hydrogen-bond donors (Lipinski definition) is 1. The van der Waals surface area contributed by atoms with Crippen molar-refractivity contribution in [1.29, 1.82) is 0 Å². The summed E-state index contributed by atoms with van der Waals surface area (Å²) in [6.45, 7) is 5.94. The second-order valence-electron chi connectivity index (χ2n) is 4.57. The summed E-state index contributed by atoms with van der Waals surface area (Å²) in [7, 11) is 0. The van der Waals surface area contributed by atoms with Gasteiger partial charge in [0.15, 0.2) is 0 Å². The largest absolute Gasteiger partial charge is 0.315 e. The third-order valence-corrected chi connectivity index (χ3v) is 3.77. The van der Waals surface area contributed by atoms with E-state index in [1.54, 1.807) is 6.07 Å². The van der Waals surface area contributed by atoms with E-state index in [1.807, 2.05) is 6.07 Å². The summed E-state index contributed by atoms with van der Waals surface area (Å²) >= 11 is 5.98. The van der Waals surface area contributed by atoms with Crippen LogP contribution >= 0.6 is 11.6 Å². The quantitative estimate of drug-likeness (QED) is 0.875. The highest BCUT2D eigenvalue weighted by atomic mass is 35.5. The molecule has 0 amide bonds. The summed E-state index contributed by atoms with van der Waals surface area (Å²) in [6, 6.07) is 5.52. The van der Waals surface area contributed by atoms with Gasteiger partial charge >= 0.3 is 0 Å². The molecule has 2 rings (SSSR count).